The first-order valence-electron chi connectivity index (χ1n) is 8.56. The summed E-state index contributed by atoms with van der Waals surface area (Å²) >= 11 is 0. The van der Waals surface area contributed by atoms with E-state index in [-0.39, 0.29) is 11.8 Å². The first kappa shape index (κ1) is 15.6. The molecule has 2 N–H and O–H groups in total. The molecule has 3 aromatic rings. The van der Waals surface area contributed by atoms with Crippen LogP contribution in [0.15, 0.2) is 36.8 Å². The maximum Gasteiger partial charge on any atom is 0.227 e. The van der Waals surface area contributed by atoms with Gasteiger partial charge in [0, 0.05) is 29.4 Å². The number of nitrogens with one attached hydrogen (secondary N) is 2. The lowest BCUT2D eigenvalue weighted by molar-refractivity contribution is -0.119. The third-order valence-electron chi connectivity index (χ3n) is 4.56. The standard InChI is InChI=1S/C18H20N6O/c1-12-4-2-3-5-14-10-13(6-8-19-14)17-15(21-18(12)25)11-24(23-17)16-7-9-20-22-16/h6-12H,2-5H2,1H3,(H,20,22)(H,21,25). The van der Waals surface area contributed by atoms with Crippen LogP contribution in [0.4, 0.5) is 5.69 Å². The number of pyridine rings is 1. The Labute approximate surface area is 145 Å². The van der Waals surface area contributed by atoms with Gasteiger partial charge in [0.05, 0.1) is 18.1 Å². The summed E-state index contributed by atoms with van der Waals surface area (Å²) in [7, 11) is 0. The van der Waals surface area contributed by atoms with Gasteiger partial charge in [-0.1, -0.05) is 13.3 Å². The molecular formula is C18H20N6O. The smallest absolute Gasteiger partial charge is 0.227 e. The summed E-state index contributed by atoms with van der Waals surface area (Å²) in [4.78, 5) is 17.0. The number of nitrogens with zero attached hydrogens (tertiary/aromatic N) is 4. The van der Waals surface area contributed by atoms with E-state index in [1.807, 2.05) is 25.3 Å². The Morgan fingerprint density at radius 2 is 2.16 bits per heavy atom. The van der Waals surface area contributed by atoms with E-state index in [9.17, 15) is 4.79 Å². The minimum absolute atomic E-state index is 0.0280. The first-order valence-corrected chi connectivity index (χ1v) is 8.56. The number of aromatic amines is 1. The summed E-state index contributed by atoms with van der Waals surface area (Å²) in [5, 5.41) is 14.6. The van der Waals surface area contributed by atoms with Crippen LogP contribution >= 0.6 is 0 Å². The number of fused-ring (bicyclic) bond motifs is 4. The third kappa shape index (κ3) is 3.17. The van der Waals surface area contributed by atoms with Crippen molar-refractivity contribution < 1.29 is 4.79 Å². The van der Waals surface area contributed by atoms with Crippen molar-refractivity contribution in [3.63, 3.8) is 0 Å². The Kier molecular flexibility index (Phi) is 4.05. The highest BCUT2D eigenvalue weighted by Gasteiger charge is 2.19. The van der Waals surface area contributed by atoms with Crippen LogP contribution in [-0.2, 0) is 11.2 Å². The molecule has 4 rings (SSSR count). The highest BCUT2D eigenvalue weighted by atomic mass is 16.1. The molecule has 128 valence electrons. The normalized spacial score (nSPS) is 18.0. The van der Waals surface area contributed by atoms with E-state index in [4.69, 9.17) is 0 Å². The van der Waals surface area contributed by atoms with Crippen molar-refractivity contribution in [1.29, 1.82) is 0 Å². The molecule has 0 aromatic carbocycles. The molecule has 2 bridgehead atoms. The van der Waals surface area contributed by atoms with E-state index in [0.29, 0.717) is 5.69 Å². The van der Waals surface area contributed by atoms with Crippen LogP contribution in [0.2, 0.25) is 0 Å². The van der Waals surface area contributed by atoms with E-state index in [1.54, 1.807) is 17.1 Å². The van der Waals surface area contributed by atoms with Gasteiger partial charge in [-0.2, -0.15) is 10.2 Å². The van der Waals surface area contributed by atoms with Crippen LogP contribution in [0, 0.1) is 5.92 Å². The lowest BCUT2D eigenvalue weighted by Crippen LogP contribution is -2.20. The average molecular weight is 336 g/mol. The van der Waals surface area contributed by atoms with Crippen LogP contribution in [0.3, 0.4) is 0 Å². The van der Waals surface area contributed by atoms with E-state index < -0.39 is 0 Å². The van der Waals surface area contributed by atoms with E-state index in [2.05, 4.69) is 31.7 Å². The number of aromatic nitrogens is 5. The van der Waals surface area contributed by atoms with Crippen LogP contribution in [0.5, 0.6) is 0 Å². The molecule has 1 unspecified atom stereocenters. The number of anilines is 1. The summed E-state index contributed by atoms with van der Waals surface area (Å²) < 4.78 is 1.70. The van der Waals surface area contributed by atoms with E-state index in [0.717, 1.165) is 48.5 Å². The van der Waals surface area contributed by atoms with Gasteiger partial charge in [0.25, 0.3) is 0 Å². The highest BCUT2D eigenvalue weighted by molar-refractivity contribution is 5.95. The van der Waals surface area contributed by atoms with E-state index >= 15 is 0 Å². The average Bonchev–Trinajstić information content (AvgIpc) is 3.27. The second-order valence-electron chi connectivity index (χ2n) is 6.45. The number of hydrogen-bond acceptors (Lipinski definition) is 4. The monoisotopic (exact) mass is 336 g/mol. The molecule has 0 aliphatic carbocycles. The number of hydrogen-bond donors (Lipinski definition) is 2. The molecule has 1 atom stereocenters. The van der Waals surface area contributed by atoms with Crippen LogP contribution in [-0.4, -0.2) is 30.9 Å². The van der Waals surface area contributed by atoms with Crippen LogP contribution in [0.25, 0.3) is 17.1 Å². The summed E-state index contributed by atoms with van der Waals surface area (Å²) in [5.41, 5.74) is 3.44. The van der Waals surface area contributed by atoms with Crippen LogP contribution < -0.4 is 5.32 Å². The van der Waals surface area contributed by atoms with Gasteiger partial charge >= 0.3 is 0 Å². The molecule has 25 heavy (non-hydrogen) atoms. The van der Waals surface area contributed by atoms with Gasteiger partial charge in [-0.25, -0.2) is 4.68 Å². The molecule has 1 aliphatic rings. The van der Waals surface area contributed by atoms with Crippen molar-refractivity contribution in [3.05, 3.63) is 42.5 Å². The minimum Gasteiger partial charge on any atom is -0.323 e. The topological polar surface area (TPSA) is 88.5 Å². The maximum atomic E-state index is 12.5. The maximum absolute atomic E-state index is 12.5. The molecule has 1 aliphatic heterocycles. The fourth-order valence-corrected chi connectivity index (χ4v) is 3.08. The van der Waals surface area contributed by atoms with Crippen molar-refractivity contribution >= 4 is 11.6 Å². The van der Waals surface area contributed by atoms with Gasteiger partial charge in [-0.15, -0.1) is 0 Å². The number of amides is 1. The Morgan fingerprint density at radius 3 is 3.00 bits per heavy atom. The van der Waals surface area contributed by atoms with Crippen molar-refractivity contribution in [2.45, 2.75) is 32.6 Å². The number of rotatable bonds is 1. The van der Waals surface area contributed by atoms with Gasteiger partial charge in [-0.05, 0) is 31.4 Å². The summed E-state index contributed by atoms with van der Waals surface area (Å²) in [6.07, 6.45) is 9.13. The number of H-pyrrole nitrogens is 1. The lowest BCUT2D eigenvalue weighted by atomic mass is 10.00. The highest BCUT2D eigenvalue weighted by Crippen LogP contribution is 2.29. The van der Waals surface area contributed by atoms with Crippen molar-refractivity contribution in [1.82, 2.24) is 25.0 Å². The second kappa shape index (κ2) is 6.51. The third-order valence-corrected chi connectivity index (χ3v) is 4.56. The zero-order valence-electron chi connectivity index (χ0n) is 14.1. The largest absolute Gasteiger partial charge is 0.323 e. The molecule has 7 nitrogen and oxygen atoms in total. The molecule has 0 radical (unpaired) electrons. The SMILES string of the molecule is CC1CCCCc2cc(ccn2)-c2nn(-c3ccn[nH]3)cc2NC1=O. The number of carbonyl (C=O) groups excluding carboxylic acids is 1. The summed E-state index contributed by atoms with van der Waals surface area (Å²) in [6.45, 7) is 1.97. The van der Waals surface area contributed by atoms with Crippen molar-refractivity contribution in [2.75, 3.05) is 5.32 Å². The molecule has 1 amide bonds. The molecule has 7 heteroatoms. The number of carbonyl (C=O) groups is 1. The van der Waals surface area contributed by atoms with Crippen molar-refractivity contribution in [3.8, 4) is 17.1 Å². The zero-order valence-corrected chi connectivity index (χ0v) is 14.1. The first-order chi connectivity index (χ1) is 12.2. The van der Waals surface area contributed by atoms with E-state index in [1.165, 1.54) is 0 Å². The van der Waals surface area contributed by atoms with Gasteiger partial charge in [-0.3, -0.25) is 14.9 Å². The fraction of sp³-hybridized carbons (Fsp3) is 0.333. The Hall–Kier alpha value is -2.96. The second-order valence-corrected chi connectivity index (χ2v) is 6.45. The molecule has 0 spiro atoms. The predicted molar refractivity (Wildman–Crippen MR) is 94.3 cm³/mol. The lowest BCUT2D eigenvalue weighted by Gasteiger charge is -2.13. The quantitative estimate of drug-likeness (QED) is 0.715. The summed E-state index contributed by atoms with van der Waals surface area (Å²) in [6, 6.07) is 5.81. The molecule has 0 fully saturated rings. The molecular weight excluding hydrogens is 316 g/mol. The fourth-order valence-electron chi connectivity index (χ4n) is 3.08. The molecule has 4 heterocycles. The predicted octanol–water partition coefficient (Wildman–Crippen LogP) is 2.96. The van der Waals surface area contributed by atoms with Gasteiger partial charge in [0.15, 0.2) is 0 Å². The van der Waals surface area contributed by atoms with Crippen LogP contribution in [0.1, 0.15) is 31.9 Å². The minimum atomic E-state index is -0.0333. The molecule has 0 saturated heterocycles. The zero-order chi connectivity index (χ0) is 17.2. The summed E-state index contributed by atoms with van der Waals surface area (Å²) in [5.74, 6) is 0.739. The van der Waals surface area contributed by atoms with Gasteiger partial charge in [0.1, 0.15) is 11.5 Å². The Morgan fingerprint density at radius 1 is 1.24 bits per heavy atom. The van der Waals surface area contributed by atoms with Gasteiger partial charge < -0.3 is 5.32 Å². The van der Waals surface area contributed by atoms with Gasteiger partial charge in [0.2, 0.25) is 5.91 Å². The van der Waals surface area contributed by atoms with Crippen molar-refractivity contribution in [2.24, 2.45) is 5.92 Å². The molecule has 0 saturated carbocycles. The Balaban J connectivity index is 1.82. The Bertz CT molecular complexity index is 883. The number of aryl methyl sites for hydroxylation is 1. The molecule has 3 aromatic heterocycles.